The number of nitrogens with one attached hydrogen (secondary N) is 1. The number of morpholine rings is 1. The molecule has 50 heavy (non-hydrogen) atoms. The first-order valence-corrected chi connectivity index (χ1v) is 17.3. The topological polar surface area (TPSA) is 111 Å². The molecule has 1 saturated heterocycles. The highest BCUT2D eigenvalue weighted by atomic mass is 35.5. The fourth-order valence-electron chi connectivity index (χ4n) is 7.04. The maximum atomic E-state index is 14.1. The number of rotatable bonds is 8. The SMILES string of the molecule is O=C(c1ccc(-c2ccc(F)c(Cl)c2)c(COc2ccc(-c3nc4cc(-c5nn[nH]n5)ccc4n3C3CCCCC3)cc2)c1)N1CCOCC1. The Bertz CT molecular complexity index is 2140. The van der Waals surface area contributed by atoms with Crippen molar-refractivity contribution in [2.75, 3.05) is 26.3 Å². The van der Waals surface area contributed by atoms with Gasteiger partial charge in [-0.3, -0.25) is 4.79 Å². The smallest absolute Gasteiger partial charge is 0.254 e. The van der Waals surface area contributed by atoms with Crippen LogP contribution in [-0.4, -0.2) is 67.3 Å². The molecule has 3 heterocycles. The van der Waals surface area contributed by atoms with E-state index in [1.54, 1.807) is 23.1 Å². The van der Waals surface area contributed by atoms with Gasteiger partial charge in [0.2, 0.25) is 5.82 Å². The highest BCUT2D eigenvalue weighted by molar-refractivity contribution is 6.31. The van der Waals surface area contributed by atoms with E-state index in [0.717, 1.165) is 57.5 Å². The molecule has 2 aliphatic rings. The minimum atomic E-state index is -0.489. The summed E-state index contributed by atoms with van der Waals surface area (Å²) in [6.45, 7) is 2.30. The second-order valence-electron chi connectivity index (χ2n) is 12.8. The van der Waals surface area contributed by atoms with E-state index < -0.39 is 5.82 Å². The molecule has 12 heteroatoms. The maximum absolute atomic E-state index is 14.1. The van der Waals surface area contributed by atoms with Crippen LogP contribution in [0.15, 0.2) is 78.9 Å². The average Bonchev–Trinajstić information content (AvgIpc) is 3.84. The summed E-state index contributed by atoms with van der Waals surface area (Å²) in [5, 5.41) is 14.6. The zero-order valence-electron chi connectivity index (χ0n) is 27.3. The lowest BCUT2D eigenvalue weighted by molar-refractivity contribution is 0.0303. The lowest BCUT2D eigenvalue weighted by Crippen LogP contribution is -2.40. The van der Waals surface area contributed by atoms with Crippen molar-refractivity contribution in [3.05, 3.63) is 101 Å². The Morgan fingerprint density at radius 2 is 1.70 bits per heavy atom. The summed E-state index contributed by atoms with van der Waals surface area (Å²) in [5.74, 6) is 1.56. The molecule has 0 unspecified atom stereocenters. The molecule has 2 fully saturated rings. The molecule has 10 nitrogen and oxygen atoms in total. The first-order valence-electron chi connectivity index (χ1n) is 17.0. The van der Waals surface area contributed by atoms with Gasteiger partial charge in [-0.15, -0.1) is 10.2 Å². The van der Waals surface area contributed by atoms with Crippen LogP contribution in [0, 0.1) is 5.82 Å². The molecule has 2 aromatic heterocycles. The molecule has 8 rings (SSSR count). The van der Waals surface area contributed by atoms with E-state index in [-0.39, 0.29) is 17.5 Å². The van der Waals surface area contributed by atoms with Gasteiger partial charge in [-0.1, -0.05) is 43.0 Å². The summed E-state index contributed by atoms with van der Waals surface area (Å²) in [6.07, 6.45) is 5.88. The molecule has 1 saturated carbocycles. The number of H-pyrrole nitrogens is 1. The van der Waals surface area contributed by atoms with Crippen LogP contribution in [0.2, 0.25) is 5.02 Å². The Balaban J connectivity index is 1.09. The van der Waals surface area contributed by atoms with Crippen LogP contribution >= 0.6 is 11.6 Å². The molecule has 1 amide bonds. The van der Waals surface area contributed by atoms with Gasteiger partial charge < -0.3 is 18.9 Å². The van der Waals surface area contributed by atoms with Crippen LogP contribution < -0.4 is 4.74 Å². The Morgan fingerprint density at radius 3 is 2.46 bits per heavy atom. The predicted octanol–water partition coefficient (Wildman–Crippen LogP) is 7.90. The monoisotopic (exact) mass is 691 g/mol. The molecule has 0 atom stereocenters. The molecule has 0 spiro atoms. The highest BCUT2D eigenvalue weighted by Crippen LogP contribution is 2.37. The number of carbonyl (C=O) groups is 1. The Kier molecular flexibility index (Phi) is 8.99. The number of benzene rings is 4. The molecular formula is C38H35ClFN7O3. The summed E-state index contributed by atoms with van der Waals surface area (Å²) < 4.78 is 28.2. The van der Waals surface area contributed by atoms with Gasteiger partial charge in [0.1, 0.15) is 24.0 Å². The van der Waals surface area contributed by atoms with Crippen molar-refractivity contribution in [3.63, 3.8) is 0 Å². The van der Waals surface area contributed by atoms with Crippen LogP contribution in [0.5, 0.6) is 5.75 Å². The van der Waals surface area contributed by atoms with Crippen molar-refractivity contribution in [2.24, 2.45) is 0 Å². The van der Waals surface area contributed by atoms with Crippen LogP contribution in [0.4, 0.5) is 4.39 Å². The summed E-state index contributed by atoms with van der Waals surface area (Å²) >= 11 is 6.16. The van der Waals surface area contributed by atoms with Gasteiger partial charge in [-0.25, -0.2) is 9.37 Å². The molecule has 4 aromatic carbocycles. The Labute approximate surface area is 293 Å². The number of carbonyl (C=O) groups excluding carboxylic acids is 1. The molecular weight excluding hydrogens is 657 g/mol. The number of halogens is 2. The maximum Gasteiger partial charge on any atom is 0.254 e. The number of ether oxygens (including phenoxy) is 2. The van der Waals surface area contributed by atoms with E-state index in [1.807, 2.05) is 48.5 Å². The molecule has 1 N–H and O–H groups in total. The third-order valence-corrected chi connectivity index (χ3v) is 9.91. The number of nitrogens with zero attached hydrogens (tertiary/aromatic N) is 6. The quantitative estimate of drug-likeness (QED) is 0.173. The van der Waals surface area contributed by atoms with E-state index in [9.17, 15) is 9.18 Å². The van der Waals surface area contributed by atoms with Gasteiger partial charge >= 0.3 is 0 Å². The van der Waals surface area contributed by atoms with Gasteiger partial charge in [-0.2, -0.15) is 5.21 Å². The van der Waals surface area contributed by atoms with E-state index >= 15 is 0 Å². The van der Waals surface area contributed by atoms with Crippen molar-refractivity contribution in [1.29, 1.82) is 0 Å². The third-order valence-electron chi connectivity index (χ3n) is 9.62. The number of hydrogen-bond donors (Lipinski definition) is 1. The van der Waals surface area contributed by atoms with E-state index in [4.69, 9.17) is 26.1 Å². The first-order chi connectivity index (χ1) is 24.5. The van der Waals surface area contributed by atoms with Gasteiger partial charge in [0, 0.05) is 35.8 Å². The van der Waals surface area contributed by atoms with Crippen molar-refractivity contribution in [1.82, 2.24) is 35.1 Å². The Hall–Kier alpha value is -5.13. The van der Waals surface area contributed by atoms with Crippen molar-refractivity contribution in [2.45, 2.75) is 44.8 Å². The van der Waals surface area contributed by atoms with E-state index in [2.05, 4.69) is 31.3 Å². The number of aromatic nitrogens is 6. The minimum Gasteiger partial charge on any atom is -0.489 e. The highest BCUT2D eigenvalue weighted by Gasteiger charge is 2.24. The second-order valence-corrected chi connectivity index (χ2v) is 13.2. The second kappa shape index (κ2) is 14.0. The van der Waals surface area contributed by atoms with Crippen molar-refractivity contribution < 1.29 is 18.7 Å². The van der Waals surface area contributed by atoms with Gasteiger partial charge in [0.15, 0.2) is 0 Å². The number of amides is 1. The molecule has 0 radical (unpaired) electrons. The largest absolute Gasteiger partial charge is 0.489 e. The zero-order chi connectivity index (χ0) is 34.0. The summed E-state index contributed by atoms with van der Waals surface area (Å²) in [5.41, 5.74) is 6.69. The third kappa shape index (κ3) is 6.46. The molecule has 0 bridgehead atoms. The lowest BCUT2D eigenvalue weighted by atomic mass is 9.95. The average molecular weight is 692 g/mol. The number of aromatic amines is 1. The minimum absolute atomic E-state index is 0.0312. The fraction of sp³-hybridized carbons (Fsp3) is 0.289. The Morgan fingerprint density at radius 1 is 0.920 bits per heavy atom. The normalized spacial score (nSPS) is 15.4. The van der Waals surface area contributed by atoms with Crippen molar-refractivity contribution in [3.8, 4) is 39.7 Å². The lowest BCUT2D eigenvalue weighted by Gasteiger charge is -2.27. The van der Waals surface area contributed by atoms with Crippen LogP contribution in [0.3, 0.4) is 0 Å². The first kappa shape index (κ1) is 32.1. The van der Waals surface area contributed by atoms with Gasteiger partial charge in [-0.05, 0) is 101 Å². The molecule has 6 aromatic rings. The number of tetrazole rings is 1. The van der Waals surface area contributed by atoms with E-state index in [1.165, 1.54) is 25.3 Å². The summed E-state index contributed by atoms with van der Waals surface area (Å²) in [6, 6.07) is 24.6. The molecule has 1 aliphatic carbocycles. The molecule has 254 valence electrons. The van der Waals surface area contributed by atoms with Gasteiger partial charge in [0.05, 0.1) is 29.3 Å². The molecule has 1 aliphatic heterocycles. The number of imidazole rings is 1. The standard InChI is InChI=1S/C38H35ClFN7O3/c39-32-21-25(9-14-33(32)40)31-13-8-27(38(48)46-16-18-49-19-17-46)20-28(31)23-50-30-11-6-24(7-12-30)37-41-34-22-26(36-42-44-45-43-36)10-15-35(34)47(37)29-4-2-1-3-5-29/h6-15,20-22,29H,1-5,16-19,23H2,(H,42,43,44,45). The van der Waals surface area contributed by atoms with Crippen LogP contribution in [-0.2, 0) is 11.3 Å². The van der Waals surface area contributed by atoms with Gasteiger partial charge in [0.25, 0.3) is 5.91 Å². The fourth-order valence-corrected chi connectivity index (χ4v) is 7.22. The van der Waals surface area contributed by atoms with Crippen molar-refractivity contribution >= 4 is 28.5 Å². The van der Waals surface area contributed by atoms with Crippen LogP contribution in [0.1, 0.15) is 54.1 Å². The van der Waals surface area contributed by atoms with Crippen LogP contribution in [0.25, 0.3) is 44.9 Å². The summed E-state index contributed by atoms with van der Waals surface area (Å²) in [7, 11) is 0. The number of fused-ring (bicyclic) bond motifs is 1. The predicted molar refractivity (Wildman–Crippen MR) is 188 cm³/mol. The number of hydrogen-bond acceptors (Lipinski definition) is 7. The summed E-state index contributed by atoms with van der Waals surface area (Å²) in [4.78, 5) is 20.3. The zero-order valence-corrected chi connectivity index (χ0v) is 28.1. The van der Waals surface area contributed by atoms with E-state index in [0.29, 0.717) is 49.5 Å².